The lowest BCUT2D eigenvalue weighted by Gasteiger charge is -2.36. The van der Waals surface area contributed by atoms with Crippen molar-refractivity contribution in [1.29, 1.82) is 0 Å². The minimum Gasteiger partial charge on any atom is -0.481 e. The number of aromatic nitrogens is 3. The van der Waals surface area contributed by atoms with E-state index in [4.69, 9.17) is 5.11 Å². The van der Waals surface area contributed by atoms with Crippen molar-refractivity contribution in [2.24, 2.45) is 5.92 Å². The van der Waals surface area contributed by atoms with Gasteiger partial charge in [-0.3, -0.25) is 14.5 Å². The maximum Gasteiger partial charge on any atom is 0.309 e. The van der Waals surface area contributed by atoms with E-state index in [1.165, 1.54) is 0 Å². The third-order valence-corrected chi connectivity index (χ3v) is 5.41. The number of benzene rings is 2. The average molecular weight is 434 g/mol. The van der Waals surface area contributed by atoms with E-state index < -0.39 is 5.97 Å². The Morgan fingerprint density at radius 3 is 2.31 bits per heavy atom. The molecule has 0 saturated carbocycles. The molecular weight excluding hydrogens is 406 g/mol. The van der Waals surface area contributed by atoms with Gasteiger partial charge in [-0.25, -0.2) is 9.67 Å². The summed E-state index contributed by atoms with van der Waals surface area (Å²) in [7, 11) is 0. The summed E-state index contributed by atoms with van der Waals surface area (Å²) in [5, 5.41) is 16.3. The molecule has 1 saturated heterocycles. The fraction of sp³-hybridized carbons (Fsp3) is 0.333. The molecule has 2 heterocycles. The van der Waals surface area contributed by atoms with Crippen molar-refractivity contribution in [2.75, 3.05) is 18.4 Å². The van der Waals surface area contributed by atoms with Crippen molar-refractivity contribution in [3.05, 3.63) is 71.8 Å². The van der Waals surface area contributed by atoms with Crippen LogP contribution < -0.4 is 5.32 Å². The van der Waals surface area contributed by atoms with Crippen LogP contribution in [0.5, 0.6) is 0 Å². The number of aliphatic carboxylic acids is 1. The lowest BCUT2D eigenvalue weighted by atomic mass is 9.95. The van der Waals surface area contributed by atoms with Gasteiger partial charge in [0, 0.05) is 30.7 Å². The van der Waals surface area contributed by atoms with E-state index in [9.17, 15) is 9.59 Å². The minimum atomic E-state index is -0.739. The van der Waals surface area contributed by atoms with Crippen LogP contribution in [-0.4, -0.2) is 49.7 Å². The first-order valence-electron chi connectivity index (χ1n) is 10.6. The van der Waals surface area contributed by atoms with Crippen LogP contribution in [-0.2, 0) is 16.8 Å². The van der Waals surface area contributed by atoms with E-state index in [-0.39, 0.29) is 23.1 Å². The Kier molecular flexibility index (Phi) is 5.80. The molecule has 3 aromatic rings. The highest BCUT2D eigenvalue weighted by Crippen LogP contribution is 2.24. The van der Waals surface area contributed by atoms with E-state index in [2.05, 4.69) is 20.3 Å². The number of carbonyl (C=O) groups excluding carboxylic acids is 1. The van der Waals surface area contributed by atoms with E-state index in [1.54, 1.807) is 4.68 Å². The molecule has 8 nitrogen and oxygen atoms in total. The number of carbonyl (C=O) groups is 2. The summed E-state index contributed by atoms with van der Waals surface area (Å²) < 4.78 is 1.72. The summed E-state index contributed by atoms with van der Waals surface area (Å²) >= 11 is 0. The molecule has 0 atom stereocenters. The van der Waals surface area contributed by atoms with Gasteiger partial charge in [0.25, 0.3) is 5.91 Å². The van der Waals surface area contributed by atoms with Gasteiger partial charge in [-0.15, -0.1) is 5.10 Å². The number of nitrogens with zero attached hydrogens (tertiary/aromatic N) is 4. The van der Waals surface area contributed by atoms with E-state index in [0.717, 1.165) is 11.3 Å². The molecule has 2 N–H and O–H groups in total. The van der Waals surface area contributed by atoms with Gasteiger partial charge in [0.15, 0.2) is 0 Å². The fourth-order valence-corrected chi connectivity index (χ4v) is 3.64. The normalized spacial score (nSPS) is 14.7. The molecule has 1 fully saturated rings. The summed E-state index contributed by atoms with van der Waals surface area (Å²) in [6.45, 7) is 7.93. The molecule has 0 spiro atoms. The summed E-state index contributed by atoms with van der Waals surface area (Å²) in [6.07, 6.45) is 0. The molecule has 1 aliphatic rings. The molecule has 1 aliphatic heterocycles. The smallest absolute Gasteiger partial charge is 0.309 e. The average Bonchev–Trinajstić information content (AvgIpc) is 3.18. The fourth-order valence-electron chi connectivity index (χ4n) is 3.64. The molecule has 166 valence electrons. The van der Waals surface area contributed by atoms with Crippen molar-refractivity contribution < 1.29 is 14.7 Å². The van der Waals surface area contributed by atoms with Crippen LogP contribution in [0.1, 0.15) is 42.8 Å². The zero-order chi connectivity index (χ0) is 22.9. The van der Waals surface area contributed by atoms with Crippen LogP contribution in [0, 0.1) is 5.92 Å². The molecule has 1 aromatic heterocycles. The quantitative estimate of drug-likeness (QED) is 0.619. The Bertz CT molecular complexity index is 1110. The number of carboxylic acid groups (broad SMARTS) is 1. The molecule has 0 aliphatic carbocycles. The number of likely N-dealkylation sites (tertiary alicyclic amines) is 1. The van der Waals surface area contributed by atoms with Gasteiger partial charge in [0.2, 0.25) is 5.82 Å². The molecule has 32 heavy (non-hydrogen) atoms. The number of hydrogen-bond donors (Lipinski definition) is 2. The number of para-hydroxylation sites is 1. The predicted octanol–water partition coefficient (Wildman–Crippen LogP) is 3.33. The van der Waals surface area contributed by atoms with Crippen molar-refractivity contribution in [3.63, 3.8) is 0 Å². The molecular formula is C24H27N5O3. The number of nitrogens with one attached hydrogen (secondary N) is 1. The first-order valence-corrected chi connectivity index (χ1v) is 10.6. The van der Waals surface area contributed by atoms with Crippen LogP contribution in [0.25, 0.3) is 5.69 Å². The van der Waals surface area contributed by atoms with Gasteiger partial charge in [-0.2, -0.15) is 0 Å². The molecule has 8 heteroatoms. The maximum absolute atomic E-state index is 12.8. The van der Waals surface area contributed by atoms with Crippen LogP contribution in [0.15, 0.2) is 54.6 Å². The molecule has 0 bridgehead atoms. The third-order valence-electron chi connectivity index (χ3n) is 5.41. The summed E-state index contributed by atoms with van der Waals surface area (Å²) in [6, 6.07) is 17.2. The third kappa shape index (κ3) is 4.70. The topological polar surface area (TPSA) is 100 Å². The second-order valence-electron chi connectivity index (χ2n) is 9.14. The largest absolute Gasteiger partial charge is 0.481 e. The highest BCUT2D eigenvalue weighted by molar-refractivity contribution is 6.01. The minimum absolute atomic E-state index is 0.114. The molecule has 0 radical (unpaired) electrons. The second kappa shape index (κ2) is 8.55. The Morgan fingerprint density at radius 1 is 1.06 bits per heavy atom. The number of anilines is 1. The van der Waals surface area contributed by atoms with Gasteiger partial charge >= 0.3 is 5.97 Å². The number of rotatable bonds is 6. The highest BCUT2D eigenvalue weighted by atomic mass is 16.4. The van der Waals surface area contributed by atoms with E-state index in [1.807, 2.05) is 75.4 Å². The molecule has 2 aromatic carbocycles. The number of hydrogen-bond acceptors (Lipinski definition) is 5. The Morgan fingerprint density at radius 2 is 1.72 bits per heavy atom. The zero-order valence-corrected chi connectivity index (χ0v) is 18.4. The second-order valence-corrected chi connectivity index (χ2v) is 9.14. The lowest BCUT2D eigenvalue weighted by molar-refractivity contribution is -0.147. The van der Waals surface area contributed by atoms with Crippen LogP contribution in [0.3, 0.4) is 0 Å². The first kappa shape index (κ1) is 21.7. The summed E-state index contributed by atoms with van der Waals surface area (Å²) in [5.41, 5.74) is 2.27. The van der Waals surface area contributed by atoms with Crippen molar-refractivity contribution in [1.82, 2.24) is 19.7 Å². The Labute approximate surface area is 186 Å². The summed E-state index contributed by atoms with van der Waals surface area (Å²) in [5.74, 6) is -0.557. The Balaban J connectivity index is 1.45. The molecule has 4 rings (SSSR count). The molecule has 1 amide bonds. The Hall–Kier alpha value is -3.52. The lowest BCUT2D eigenvalue weighted by Crippen LogP contribution is -2.49. The highest BCUT2D eigenvalue weighted by Gasteiger charge is 2.32. The van der Waals surface area contributed by atoms with Gasteiger partial charge in [-0.05, 0) is 29.8 Å². The van der Waals surface area contributed by atoms with Crippen LogP contribution in [0.2, 0.25) is 0 Å². The molecule has 0 unspecified atom stereocenters. The number of amides is 1. The van der Waals surface area contributed by atoms with Gasteiger partial charge in [-0.1, -0.05) is 51.1 Å². The van der Waals surface area contributed by atoms with Crippen LogP contribution in [0.4, 0.5) is 5.69 Å². The zero-order valence-electron chi connectivity index (χ0n) is 18.4. The predicted molar refractivity (Wildman–Crippen MR) is 121 cm³/mol. The van der Waals surface area contributed by atoms with Gasteiger partial charge in [0.1, 0.15) is 5.82 Å². The number of carboxylic acids is 1. The summed E-state index contributed by atoms with van der Waals surface area (Å²) in [4.78, 5) is 30.4. The van der Waals surface area contributed by atoms with Crippen molar-refractivity contribution >= 4 is 17.6 Å². The standard InChI is InChI=1S/C24H27N5O3/c1-24(2,3)23-26-20(27-29(23)19-7-5-4-6-8-19)21(30)25-18-11-9-16(10-12-18)13-28-14-17(15-28)22(31)32/h4-12,17H,13-15H2,1-3H3,(H,25,30)(H,31,32). The van der Waals surface area contributed by atoms with Crippen LogP contribution >= 0.6 is 0 Å². The van der Waals surface area contributed by atoms with E-state index >= 15 is 0 Å². The van der Waals surface area contributed by atoms with Gasteiger partial charge < -0.3 is 10.4 Å². The van der Waals surface area contributed by atoms with Crippen molar-refractivity contribution in [2.45, 2.75) is 32.7 Å². The maximum atomic E-state index is 12.8. The van der Waals surface area contributed by atoms with Gasteiger partial charge in [0.05, 0.1) is 11.6 Å². The first-order chi connectivity index (χ1) is 15.2. The monoisotopic (exact) mass is 433 g/mol. The van der Waals surface area contributed by atoms with Crippen molar-refractivity contribution in [3.8, 4) is 5.69 Å². The SMILES string of the molecule is CC(C)(C)c1nc(C(=O)Nc2ccc(CN3CC(C(=O)O)C3)cc2)nn1-c1ccccc1. The van der Waals surface area contributed by atoms with E-state index in [0.29, 0.717) is 31.1 Å².